The minimum atomic E-state index is 0.721. The average Bonchev–Trinajstić information content (AvgIpc) is 2.88. The fourth-order valence-corrected chi connectivity index (χ4v) is 1.79. The van der Waals surface area contributed by atoms with E-state index in [1.165, 1.54) is 23.0 Å². The molecule has 0 bridgehead atoms. The van der Waals surface area contributed by atoms with Crippen molar-refractivity contribution >= 4 is 10.9 Å². The van der Waals surface area contributed by atoms with Crippen molar-refractivity contribution in [1.82, 2.24) is 10.3 Å². The molecule has 66 valence electrons. The van der Waals surface area contributed by atoms with Crippen molar-refractivity contribution in [2.45, 2.75) is 12.5 Å². The van der Waals surface area contributed by atoms with Crippen LogP contribution in [0.25, 0.3) is 10.9 Å². The number of rotatable bonds is 2. The molecule has 2 nitrogen and oxygen atoms in total. The number of H-pyrrole nitrogens is 1. The van der Waals surface area contributed by atoms with Crippen LogP contribution in [-0.4, -0.2) is 17.6 Å². The van der Waals surface area contributed by atoms with Crippen LogP contribution in [0.5, 0.6) is 0 Å². The lowest BCUT2D eigenvalue weighted by Gasteiger charge is -1.94. The van der Waals surface area contributed by atoms with Crippen molar-refractivity contribution in [3.63, 3.8) is 0 Å². The second-order valence-electron chi connectivity index (χ2n) is 3.67. The maximum atomic E-state index is 3.32. The largest absolute Gasteiger partial charge is 0.361 e. The second-order valence-corrected chi connectivity index (χ2v) is 3.67. The summed E-state index contributed by atoms with van der Waals surface area (Å²) in [5.41, 5.74) is 2.68. The topological polar surface area (TPSA) is 37.7 Å². The third-order valence-corrected chi connectivity index (χ3v) is 2.63. The Kier molecular flexibility index (Phi) is 1.43. The van der Waals surface area contributed by atoms with E-state index in [-0.39, 0.29) is 0 Å². The molecule has 0 unspecified atom stereocenters. The zero-order chi connectivity index (χ0) is 8.67. The van der Waals surface area contributed by atoms with E-state index in [0.717, 1.165) is 12.5 Å². The van der Waals surface area contributed by atoms with Gasteiger partial charge in [-0.3, -0.25) is 0 Å². The Hall–Kier alpha value is -1.28. The summed E-state index contributed by atoms with van der Waals surface area (Å²) in [6.45, 7) is 1.18. The fraction of sp³-hybridized carbons (Fsp3) is 0.273. The first kappa shape index (κ1) is 7.15. The minimum absolute atomic E-state index is 0.721. The number of hydrogen-bond donors (Lipinski definition) is 2. The van der Waals surface area contributed by atoms with Gasteiger partial charge in [0.25, 0.3) is 0 Å². The van der Waals surface area contributed by atoms with E-state index in [0.29, 0.717) is 0 Å². The first-order valence-corrected chi connectivity index (χ1v) is 4.72. The maximum Gasteiger partial charge on any atom is 0.0456 e. The van der Waals surface area contributed by atoms with Crippen LogP contribution >= 0.6 is 0 Å². The summed E-state index contributed by atoms with van der Waals surface area (Å²) in [7, 11) is 0. The quantitative estimate of drug-likeness (QED) is 0.664. The smallest absolute Gasteiger partial charge is 0.0456 e. The lowest BCUT2D eigenvalue weighted by molar-refractivity contribution is 0.937. The predicted molar refractivity (Wildman–Crippen MR) is 53.8 cm³/mol. The number of fused-ring (bicyclic) bond motifs is 1. The van der Waals surface area contributed by atoms with Gasteiger partial charge in [-0.1, -0.05) is 18.2 Å². The fourth-order valence-electron chi connectivity index (χ4n) is 1.79. The van der Waals surface area contributed by atoms with Crippen LogP contribution in [0.15, 0.2) is 30.5 Å². The molecular weight excluding hydrogens is 160 g/mol. The average molecular weight is 172 g/mol. The van der Waals surface area contributed by atoms with E-state index in [2.05, 4.69) is 40.8 Å². The highest BCUT2D eigenvalue weighted by Gasteiger charge is 2.21. The molecule has 2 aromatic rings. The van der Waals surface area contributed by atoms with Gasteiger partial charge in [-0.15, -0.1) is 0 Å². The standard InChI is InChI=1S/C11H12N2/c1-2-4-11-10(3-1)8(6-13-11)5-9-7-12-9/h1-4,6,9,12-13H,5,7H2/t9-/m0/s1. The first-order valence-electron chi connectivity index (χ1n) is 4.72. The summed E-state index contributed by atoms with van der Waals surface area (Å²) in [5, 5.41) is 4.69. The Balaban J connectivity index is 2.06. The van der Waals surface area contributed by atoms with E-state index in [1.54, 1.807) is 0 Å². The van der Waals surface area contributed by atoms with Gasteiger partial charge >= 0.3 is 0 Å². The van der Waals surface area contributed by atoms with Crippen molar-refractivity contribution in [3.05, 3.63) is 36.0 Å². The minimum Gasteiger partial charge on any atom is -0.361 e. The number of aromatic amines is 1. The summed E-state index contributed by atoms with van der Waals surface area (Å²) in [5.74, 6) is 0. The molecule has 1 aliphatic heterocycles. The van der Waals surface area contributed by atoms with E-state index < -0.39 is 0 Å². The molecule has 1 aliphatic rings. The molecule has 0 saturated carbocycles. The third-order valence-electron chi connectivity index (χ3n) is 2.63. The van der Waals surface area contributed by atoms with Crippen LogP contribution in [0, 0.1) is 0 Å². The Morgan fingerprint density at radius 3 is 3.00 bits per heavy atom. The van der Waals surface area contributed by atoms with Crippen LogP contribution in [0.3, 0.4) is 0 Å². The van der Waals surface area contributed by atoms with Crippen molar-refractivity contribution in [1.29, 1.82) is 0 Å². The van der Waals surface area contributed by atoms with Crippen LogP contribution < -0.4 is 5.32 Å². The highest BCUT2D eigenvalue weighted by atomic mass is 15.1. The molecule has 2 heterocycles. The number of aromatic nitrogens is 1. The molecule has 1 aromatic carbocycles. The van der Waals surface area contributed by atoms with Gasteiger partial charge in [-0.05, 0) is 18.1 Å². The third kappa shape index (κ3) is 1.23. The van der Waals surface area contributed by atoms with Crippen molar-refractivity contribution in [2.75, 3.05) is 6.54 Å². The van der Waals surface area contributed by atoms with Gasteiger partial charge in [0.2, 0.25) is 0 Å². The van der Waals surface area contributed by atoms with E-state index >= 15 is 0 Å². The van der Waals surface area contributed by atoms with Gasteiger partial charge in [0.15, 0.2) is 0 Å². The van der Waals surface area contributed by atoms with Crippen molar-refractivity contribution in [3.8, 4) is 0 Å². The SMILES string of the molecule is c1ccc2c(C[C@H]3CN3)c[nH]c2c1. The normalized spacial score (nSPS) is 20.8. The molecule has 3 rings (SSSR count). The molecule has 1 aromatic heterocycles. The number of benzene rings is 1. The molecule has 2 heteroatoms. The molecule has 1 atom stereocenters. The Morgan fingerprint density at radius 2 is 2.15 bits per heavy atom. The molecule has 13 heavy (non-hydrogen) atoms. The van der Waals surface area contributed by atoms with E-state index in [1.807, 2.05) is 0 Å². The lowest BCUT2D eigenvalue weighted by atomic mass is 10.1. The van der Waals surface area contributed by atoms with Crippen molar-refractivity contribution in [2.24, 2.45) is 0 Å². The summed E-state index contributed by atoms with van der Waals surface area (Å²) >= 11 is 0. The monoisotopic (exact) mass is 172 g/mol. The Labute approximate surface area is 77.0 Å². The summed E-state index contributed by atoms with van der Waals surface area (Å²) in [4.78, 5) is 3.29. The predicted octanol–water partition coefficient (Wildman–Crippen LogP) is 1.68. The van der Waals surface area contributed by atoms with Crippen molar-refractivity contribution < 1.29 is 0 Å². The van der Waals surface area contributed by atoms with Crippen LogP contribution in [0.4, 0.5) is 0 Å². The second kappa shape index (κ2) is 2.60. The van der Waals surface area contributed by atoms with Crippen LogP contribution in [0.2, 0.25) is 0 Å². The summed E-state index contributed by atoms with van der Waals surface area (Å²) < 4.78 is 0. The zero-order valence-electron chi connectivity index (χ0n) is 7.38. The van der Waals surface area contributed by atoms with Gasteiger partial charge in [0, 0.05) is 29.7 Å². The molecule has 0 spiro atoms. The molecule has 2 N–H and O–H groups in total. The maximum absolute atomic E-state index is 3.32. The highest BCUT2D eigenvalue weighted by molar-refractivity contribution is 5.83. The highest BCUT2D eigenvalue weighted by Crippen LogP contribution is 2.20. The van der Waals surface area contributed by atoms with Crippen LogP contribution in [-0.2, 0) is 6.42 Å². The molecule has 1 fully saturated rings. The van der Waals surface area contributed by atoms with Gasteiger partial charge in [0.1, 0.15) is 0 Å². The summed E-state index contributed by atoms with van der Waals surface area (Å²) in [6, 6.07) is 9.19. The Bertz CT molecular complexity index is 426. The van der Waals surface area contributed by atoms with Crippen LogP contribution in [0.1, 0.15) is 5.56 Å². The number of nitrogens with one attached hydrogen (secondary N) is 2. The number of hydrogen-bond acceptors (Lipinski definition) is 1. The zero-order valence-corrected chi connectivity index (χ0v) is 7.38. The Morgan fingerprint density at radius 1 is 1.31 bits per heavy atom. The van der Waals surface area contributed by atoms with Gasteiger partial charge < -0.3 is 10.3 Å². The molecule has 0 amide bonds. The van der Waals surface area contributed by atoms with Gasteiger partial charge in [-0.2, -0.15) is 0 Å². The number of para-hydroxylation sites is 1. The molecule has 1 saturated heterocycles. The van der Waals surface area contributed by atoms with Gasteiger partial charge in [-0.25, -0.2) is 0 Å². The molecule has 0 aliphatic carbocycles. The first-order chi connectivity index (χ1) is 6.43. The molecular formula is C11H12N2. The van der Waals surface area contributed by atoms with Gasteiger partial charge in [0.05, 0.1) is 0 Å². The summed E-state index contributed by atoms with van der Waals surface area (Å²) in [6.07, 6.45) is 3.29. The van der Waals surface area contributed by atoms with E-state index in [4.69, 9.17) is 0 Å². The lowest BCUT2D eigenvalue weighted by Crippen LogP contribution is -1.94. The van der Waals surface area contributed by atoms with E-state index in [9.17, 15) is 0 Å². The molecule has 0 radical (unpaired) electrons.